The summed E-state index contributed by atoms with van der Waals surface area (Å²) in [4.78, 5) is 0. The average Bonchev–Trinajstić information content (AvgIpc) is 3.21. The van der Waals surface area contributed by atoms with Gasteiger partial charge in [-0.1, -0.05) is 52.7 Å². The van der Waals surface area contributed by atoms with Crippen molar-refractivity contribution in [2.45, 2.75) is 6.42 Å². The molecule has 4 rings (SSSR count). The molecule has 3 aromatic carbocycles. The van der Waals surface area contributed by atoms with Crippen LogP contribution in [0, 0.1) is 6.08 Å². The maximum atomic E-state index is 2.99. The smallest absolute Gasteiger partial charge is 1.00 e. The Hall–Kier alpha value is -1.01. The van der Waals surface area contributed by atoms with Gasteiger partial charge in [0.15, 0.2) is 0 Å². The van der Waals surface area contributed by atoms with Crippen molar-refractivity contribution in [3.63, 3.8) is 0 Å². The summed E-state index contributed by atoms with van der Waals surface area (Å²) in [5.41, 5.74) is 2.62. The molecule has 0 saturated carbocycles. The molecular formula is C20H16Cl2Zr. The van der Waals surface area contributed by atoms with E-state index in [-0.39, 0.29) is 51.0 Å². The van der Waals surface area contributed by atoms with E-state index >= 15 is 0 Å². The second kappa shape index (κ2) is 11.5. The zero-order valence-electron chi connectivity index (χ0n) is 12.5. The van der Waals surface area contributed by atoms with Gasteiger partial charge in [-0.2, -0.15) is 6.08 Å². The van der Waals surface area contributed by atoms with Crippen LogP contribution in [0.4, 0.5) is 0 Å². The first-order chi connectivity index (χ1) is 9.95. The largest absolute Gasteiger partial charge is 4.00 e. The zero-order valence-corrected chi connectivity index (χ0v) is 16.5. The van der Waals surface area contributed by atoms with Crippen LogP contribution in [0.15, 0.2) is 85.0 Å². The Labute approximate surface area is 169 Å². The average molecular weight is 418 g/mol. The Kier molecular flexibility index (Phi) is 11.0. The Morgan fingerprint density at radius 2 is 1.52 bits per heavy atom. The van der Waals surface area contributed by atoms with Crippen LogP contribution in [0.3, 0.4) is 0 Å². The standard InChI is InChI=1S/C15H11.C5H5.2ClH.Zr/c1-2-6-12(7-3-1)15-11-10-13-8-4-5-9-14(13)15;1-2-4-5-3-1;;;/h1-11H;1-3H,4H2;2*1H;/q2*-1;;;+4/p-2. The van der Waals surface area contributed by atoms with Gasteiger partial charge < -0.3 is 24.8 Å². The van der Waals surface area contributed by atoms with Gasteiger partial charge in [0, 0.05) is 0 Å². The third-order valence-electron chi connectivity index (χ3n) is 3.35. The molecule has 0 fully saturated rings. The Morgan fingerprint density at radius 3 is 2.13 bits per heavy atom. The van der Waals surface area contributed by atoms with Crippen molar-refractivity contribution in [3.8, 4) is 11.1 Å². The molecule has 0 saturated heterocycles. The predicted octanol–water partition coefficient (Wildman–Crippen LogP) is -0.463. The summed E-state index contributed by atoms with van der Waals surface area (Å²) >= 11 is 0. The molecule has 3 aromatic rings. The van der Waals surface area contributed by atoms with Crippen LogP contribution in [-0.4, -0.2) is 0 Å². The SMILES string of the molecule is [C-]1=CC=CC1.[Cl-].[Cl-].[Zr+4].c1ccc(-[c-]2ccc3ccccc32)cc1. The van der Waals surface area contributed by atoms with Crippen LogP contribution in [0.5, 0.6) is 0 Å². The maximum absolute atomic E-state index is 2.99. The molecular weight excluding hydrogens is 402 g/mol. The van der Waals surface area contributed by atoms with Crippen molar-refractivity contribution in [2.75, 3.05) is 0 Å². The van der Waals surface area contributed by atoms with Gasteiger partial charge in [-0.3, -0.25) is 6.08 Å². The molecule has 0 unspecified atom stereocenters. The Morgan fingerprint density at radius 1 is 0.826 bits per heavy atom. The van der Waals surface area contributed by atoms with Gasteiger partial charge in [-0.25, -0.2) is 12.2 Å². The van der Waals surface area contributed by atoms with Gasteiger partial charge in [-0.05, 0) is 0 Å². The van der Waals surface area contributed by atoms with Crippen LogP contribution in [0.1, 0.15) is 6.42 Å². The Balaban J connectivity index is 0.000000529. The molecule has 1 aliphatic rings. The number of allylic oxidation sites excluding steroid dienone is 4. The quantitative estimate of drug-likeness (QED) is 0.469. The minimum atomic E-state index is 0. The van der Waals surface area contributed by atoms with E-state index in [4.69, 9.17) is 0 Å². The molecule has 0 atom stereocenters. The van der Waals surface area contributed by atoms with Crippen LogP contribution in [0.25, 0.3) is 21.9 Å². The number of hydrogen-bond donors (Lipinski definition) is 0. The van der Waals surface area contributed by atoms with Crippen molar-refractivity contribution in [1.82, 2.24) is 0 Å². The Bertz CT molecular complexity index is 732. The van der Waals surface area contributed by atoms with Crippen molar-refractivity contribution in [2.24, 2.45) is 0 Å². The second-order valence-electron chi connectivity index (χ2n) is 4.70. The summed E-state index contributed by atoms with van der Waals surface area (Å²) in [5.74, 6) is 0. The summed E-state index contributed by atoms with van der Waals surface area (Å²) in [7, 11) is 0. The van der Waals surface area contributed by atoms with Crippen LogP contribution in [-0.2, 0) is 26.2 Å². The van der Waals surface area contributed by atoms with E-state index in [9.17, 15) is 0 Å². The first-order valence-electron chi connectivity index (χ1n) is 6.87. The summed E-state index contributed by atoms with van der Waals surface area (Å²) in [6.45, 7) is 0. The zero-order chi connectivity index (χ0) is 13.6. The van der Waals surface area contributed by atoms with E-state index < -0.39 is 0 Å². The van der Waals surface area contributed by atoms with E-state index in [0.29, 0.717) is 0 Å². The molecule has 0 amide bonds. The topological polar surface area (TPSA) is 0 Å². The van der Waals surface area contributed by atoms with E-state index in [2.05, 4.69) is 78.9 Å². The van der Waals surface area contributed by atoms with Gasteiger partial charge >= 0.3 is 26.2 Å². The molecule has 0 aromatic heterocycles. The minimum Gasteiger partial charge on any atom is -1.00 e. The predicted molar refractivity (Wildman–Crippen MR) is 86.5 cm³/mol. The molecule has 3 heteroatoms. The van der Waals surface area contributed by atoms with Gasteiger partial charge in [0.2, 0.25) is 0 Å². The summed E-state index contributed by atoms with van der Waals surface area (Å²) in [6, 6.07) is 23.4. The van der Waals surface area contributed by atoms with Crippen molar-refractivity contribution < 1.29 is 51.0 Å². The molecule has 0 N–H and O–H groups in total. The summed E-state index contributed by atoms with van der Waals surface area (Å²) in [5, 5.41) is 2.65. The molecule has 0 aliphatic heterocycles. The number of benzene rings is 2. The molecule has 0 nitrogen and oxygen atoms in total. The van der Waals surface area contributed by atoms with E-state index in [1.54, 1.807) is 0 Å². The number of halogens is 2. The van der Waals surface area contributed by atoms with Crippen LogP contribution < -0.4 is 24.8 Å². The van der Waals surface area contributed by atoms with Crippen LogP contribution in [0.2, 0.25) is 0 Å². The van der Waals surface area contributed by atoms with Crippen LogP contribution >= 0.6 is 0 Å². The molecule has 0 spiro atoms. The molecule has 0 heterocycles. The fourth-order valence-electron chi connectivity index (χ4n) is 2.36. The molecule has 0 radical (unpaired) electrons. The fourth-order valence-corrected chi connectivity index (χ4v) is 2.36. The summed E-state index contributed by atoms with van der Waals surface area (Å²) < 4.78 is 0. The van der Waals surface area contributed by atoms with Crippen molar-refractivity contribution >= 4 is 10.8 Å². The maximum Gasteiger partial charge on any atom is 4.00 e. The van der Waals surface area contributed by atoms with Gasteiger partial charge in [-0.15, -0.1) is 42.3 Å². The molecule has 114 valence electrons. The van der Waals surface area contributed by atoms with Gasteiger partial charge in [0.25, 0.3) is 0 Å². The van der Waals surface area contributed by atoms with Crippen molar-refractivity contribution in [1.29, 1.82) is 0 Å². The number of fused-ring (bicyclic) bond motifs is 1. The van der Waals surface area contributed by atoms with E-state index in [0.717, 1.165) is 6.42 Å². The normalized spacial score (nSPS) is 10.8. The monoisotopic (exact) mass is 416 g/mol. The van der Waals surface area contributed by atoms with Gasteiger partial charge in [0.1, 0.15) is 0 Å². The fraction of sp³-hybridized carbons (Fsp3) is 0.0500. The van der Waals surface area contributed by atoms with E-state index in [1.165, 1.54) is 21.9 Å². The first kappa shape index (κ1) is 22.0. The molecule has 1 aliphatic carbocycles. The number of hydrogen-bond acceptors (Lipinski definition) is 0. The third-order valence-corrected chi connectivity index (χ3v) is 3.35. The summed E-state index contributed by atoms with van der Waals surface area (Å²) in [6.07, 6.45) is 10.0. The minimum absolute atomic E-state index is 0. The van der Waals surface area contributed by atoms with E-state index in [1.807, 2.05) is 12.2 Å². The second-order valence-corrected chi connectivity index (χ2v) is 4.70. The van der Waals surface area contributed by atoms with Crippen molar-refractivity contribution in [3.05, 3.63) is 91.0 Å². The molecule has 0 bridgehead atoms. The first-order valence-corrected chi connectivity index (χ1v) is 6.87. The third kappa shape index (κ3) is 5.85. The van der Waals surface area contributed by atoms with Gasteiger partial charge in [0.05, 0.1) is 0 Å². The number of rotatable bonds is 1. The molecule has 23 heavy (non-hydrogen) atoms.